The molecule has 0 radical (unpaired) electrons. The minimum Gasteiger partial charge on any atom is -0.346 e. The Morgan fingerprint density at radius 2 is 1.71 bits per heavy atom. The molecule has 0 unspecified atom stereocenters. The Hall–Kier alpha value is -2.35. The first-order chi connectivity index (χ1) is 14.5. The van der Waals surface area contributed by atoms with Crippen LogP contribution in [0.25, 0.3) is 16.9 Å². The van der Waals surface area contributed by atoms with Crippen LogP contribution < -0.4 is 10.6 Å². The molecule has 0 spiro atoms. The third-order valence-corrected chi connectivity index (χ3v) is 5.19. The molecule has 0 fully saturated rings. The summed E-state index contributed by atoms with van der Waals surface area (Å²) in [5.41, 5.74) is 1.63. The van der Waals surface area contributed by atoms with Gasteiger partial charge in [-0.3, -0.25) is 9.59 Å². The number of halogens is 3. The van der Waals surface area contributed by atoms with E-state index >= 15 is 0 Å². The number of carbonyl (C=O) groups excluding carboxylic acids is 2. The molecule has 0 bridgehead atoms. The summed E-state index contributed by atoms with van der Waals surface area (Å²) in [5.74, 6) is -0.750. The van der Waals surface area contributed by atoms with Crippen LogP contribution in [0.3, 0.4) is 0 Å². The fourth-order valence-corrected chi connectivity index (χ4v) is 3.85. The Kier molecular flexibility index (Phi) is 6.79. The molecular formula is C22H21BrCl2N4O2. The molecule has 2 aromatic carbocycles. The molecule has 0 saturated carbocycles. The van der Waals surface area contributed by atoms with E-state index in [1.54, 1.807) is 41.1 Å². The maximum Gasteiger partial charge on any atom is 0.274 e. The van der Waals surface area contributed by atoms with Crippen molar-refractivity contribution in [2.45, 2.75) is 33.2 Å². The summed E-state index contributed by atoms with van der Waals surface area (Å²) < 4.78 is 2.36. The van der Waals surface area contributed by atoms with E-state index in [2.05, 4.69) is 31.7 Å². The van der Waals surface area contributed by atoms with Crippen molar-refractivity contribution in [2.24, 2.45) is 0 Å². The van der Waals surface area contributed by atoms with Crippen LogP contribution in [0.4, 0.5) is 5.69 Å². The first-order valence-corrected chi connectivity index (χ1v) is 11.0. The fraction of sp³-hybridized carbons (Fsp3) is 0.227. The van der Waals surface area contributed by atoms with Gasteiger partial charge in [-0.1, -0.05) is 51.3 Å². The Bertz CT molecular complexity index is 1150. The van der Waals surface area contributed by atoms with Gasteiger partial charge in [0.2, 0.25) is 5.91 Å². The smallest absolute Gasteiger partial charge is 0.274 e. The van der Waals surface area contributed by atoms with Crippen molar-refractivity contribution in [3.05, 3.63) is 62.7 Å². The van der Waals surface area contributed by atoms with Gasteiger partial charge in [-0.15, -0.1) is 0 Å². The number of nitrogens with one attached hydrogen (secondary N) is 2. The summed E-state index contributed by atoms with van der Waals surface area (Å²) in [6.07, 6.45) is 0. The number of hydrogen-bond donors (Lipinski definition) is 2. The second kappa shape index (κ2) is 9.02. The highest BCUT2D eigenvalue weighted by Gasteiger charge is 2.28. The van der Waals surface area contributed by atoms with E-state index < -0.39 is 11.4 Å². The molecule has 3 aromatic rings. The van der Waals surface area contributed by atoms with Gasteiger partial charge in [0.1, 0.15) is 5.69 Å². The van der Waals surface area contributed by atoms with Crippen LogP contribution >= 0.6 is 39.1 Å². The lowest BCUT2D eigenvalue weighted by Crippen LogP contribution is -2.41. The zero-order valence-corrected chi connectivity index (χ0v) is 20.5. The minimum atomic E-state index is -0.496. The summed E-state index contributed by atoms with van der Waals surface area (Å²) in [5, 5.41) is 11.2. The van der Waals surface area contributed by atoms with Crippen molar-refractivity contribution < 1.29 is 9.59 Å². The largest absolute Gasteiger partial charge is 0.346 e. The lowest BCUT2D eigenvalue weighted by molar-refractivity contribution is -0.114. The minimum absolute atomic E-state index is 0.0778. The van der Waals surface area contributed by atoms with Crippen LogP contribution in [0.2, 0.25) is 10.0 Å². The van der Waals surface area contributed by atoms with Crippen molar-refractivity contribution in [1.82, 2.24) is 15.1 Å². The normalized spacial score (nSPS) is 11.3. The molecule has 162 valence electrons. The number of aromatic nitrogens is 2. The molecule has 31 heavy (non-hydrogen) atoms. The molecule has 0 saturated heterocycles. The summed E-state index contributed by atoms with van der Waals surface area (Å²) >= 11 is 16.0. The van der Waals surface area contributed by atoms with E-state index in [1.807, 2.05) is 26.8 Å². The molecular weight excluding hydrogens is 503 g/mol. The molecule has 0 atom stereocenters. The zero-order valence-electron chi connectivity index (χ0n) is 17.4. The summed E-state index contributed by atoms with van der Waals surface area (Å²) in [6, 6.07) is 12.4. The maximum atomic E-state index is 13.1. The van der Waals surface area contributed by atoms with Gasteiger partial charge >= 0.3 is 0 Å². The molecule has 2 amide bonds. The van der Waals surface area contributed by atoms with Crippen molar-refractivity contribution in [1.29, 1.82) is 0 Å². The summed E-state index contributed by atoms with van der Waals surface area (Å²) in [4.78, 5) is 25.1. The highest BCUT2D eigenvalue weighted by molar-refractivity contribution is 9.10. The molecule has 1 aromatic heterocycles. The molecule has 1 heterocycles. The Balaban J connectivity index is 2.33. The maximum absolute atomic E-state index is 13.1. The predicted octanol–water partition coefficient (Wildman–Crippen LogP) is 6.10. The van der Waals surface area contributed by atoms with Gasteiger partial charge in [0.25, 0.3) is 5.91 Å². The van der Waals surface area contributed by atoms with Gasteiger partial charge in [0, 0.05) is 27.5 Å². The molecule has 2 N–H and O–H groups in total. The van der Waals surface area contributed by atoms with Gasteiger partial charge in [0.05, 0.1) is 16.4 Å². The average Bonchev–Trinajstić information content (AvgIpc) is 2.99. The van der Waals surface area contributed by atoms with Crippen molar-refractivity contribution >= 4 is 56.6 Å². The van der Waals surface area contributed by atoms with E-state index in [1.165, 1.54) is 6.92 Å². The van der Waals surface area contributed by atoms with Crippen LogP contribution in [-0.2, 0) is 4.79 Å². The molecule has 3 rings (SSSR count). The molecule has 0 aliphatic carbocycles. The lowest BCUT2D eigenvalue weighted by atomic mass is 10.1. The highest BCUT2D eigenvalue weighted by Crippen LogP contribution is 2.37. The second-order valence-electron chi connectivity index (χ2n) is 7.97. The van der Waals surface area contributed by atoms with Crippen LogP contribution in [-0.4, -0.2) is 27.1 Å². The van der Waals surface area contributed by atoms with E-state index in [0.717, 1.165) is 4.47 Å². The Morgan fingerprint density at radius 1 is 1.06 bits per heavy atom. The van der Waals surface area contributed by atoms with Crippen molar-refractivity contribution in [3.63, 3.8) is 0 Å². The highest BCUT2D eigenvalue weighted by atomic mass is 79.9. The third-order valence-electron chi connectivity index (χ3n) is 4.15. The van der Waals surface area contributed by atoms with E-state index in [4.69, 9.17) is 23.2 Å². The number of amides is 2. The van der Waals surface area contributed by atoms with E-state index in [-0.39, 0.29) is 17.3 Å². The van der Waals surface area contributed by atoms with Crippen LogP contribution in [0.1, 0.15) is 38.2 Å². The van der Waals surface area contributed by atoms with Gasteiger partial charge in [-0.05, 0) is 51.1 Å². The number of benzene rings is 2. The van der Waals surface area contributed by atoms with Crippen LogP contribution in [0, 0.1) is 0 Å². The SMILES string of the molecule is CC(=O)Nc1c(C(=O)NC(C)(C)C)nn(-c2ccc(Br)cc2Cl)c1-c1ccc(Cl)cc1. The van der Waals surface area contributed by atoms with Crippen LogP contribution in [0.5, 0.6) is 0 Å². The Labute approximate surface area is 199 Å². The topological polar surface area (TPSA) is 76.0 Å². The number of hydrogen-bond acceptors (Lipinski definition) is 3. The van der Waals surface area contributed by atoms with Crippen molar-refractivity contribution in [2.75, 3.05) is 5.32 Å². The van der Waals surface area contributed by atoms with Gasteiger partial charge in [-0.25, -0.2) is 4.68 Å². The Morgan fingerprint density at radius 3 is 2.26 bits per heavy atom. The molecule has 6 nitrogen and oxygen atoms in total. The average molecular weight is 524 g/mol. The zero-order chi connectivity index (χ0) is 22.9. The first kappa shape index (κ1) is 23.3. The summed E-state index contributed by atoms with van der Waals surface area (Å²) in [6.45, 7) is 6.98. The quantitative estimate of drug-likeness (QED) is 0.434. The van der Waals surface area contributed by atoms with E-state index in [0.29, 0.717) is 27.0 Å². The third kappa shape index (κ3) is 5.47. The fourth-order valence-electron chi connectivity index (χ4n) is 2.97. The monoisotopic (exact) mass is 522 g/mol. The predicted molar refractivity (Wildman–Crippen MR) is 128 cm³/mol. The number of rotatable bonds is 4. The summed E-state index contributed by atoms with van der Waals surface area (Å²) in [7, 11) is 0. The lowest BCUT2D eigenvalue weighted by Gasteiger charge is -2.20. The van der Waals surface area contributed by atoms with Crippen LogP contribution in [0.15, 0.2) is 46.9 Å². The first-order valence-electron chi connectivity index (χ1n) is 9.41. The second-order valence-corrected chi connectivity index (χ2v) is 9.73. The molecule has 9 heteroatoms. The number of carbonyl (C=O) groups is 2. The standard InChI is InChI=1S/C22H21BrCl2N4O2/c1-12(30)26-18-19(21(31)27-22(2,3)4)28-29(17-10-7-14(23)11-16(17)25)20(18)13-5-8-15(24)9-6-13/h5-11H,1-4H3,(H,26,30)(H,27,31). The number of anilines is 1. The van der Waals surface area contributed by atoms with E-state index in [9.17, 15) is 9.59 Å². The molecule has 0 aliphatic heterocycles. The van der Waals surface area contributed by atoms with Gasteiger partial charge in [-0.2, -0.15) is 5.10 Å². The van der Waals surface area contributed by atoms with Gasteiger partial charge in [0.15, 0.2) is 5.69 Å². The van der Waals surface area contributed by atoms with Gasteiger partial charge < -0.3 is 10.6 Å². The number of nitrogens with zero attached hydrogens (tertiary/aromatic N) is 2. The van der Waals surface area contributed by atoms with Crippen molar-refractivity contribution in [3.8, 4) is 16.9 Å². The molecule has 0 aliphatic rings.